The van der Waals surface area contributed by atoms with E-state index in [4.69, 9.17) is 14.2 Å². The van der Waals surface area contributed by atoms with Gasteiger partial charge in [-0.2, -0.15) is 0 Å². The van der Waals surface area contributed by atoms with Gasteiger partial charge in [0.05, 0.1) is 0 Å². The summed E-state index contributed by atoms with van der Waals surface area (Å²) in [6.45, 7) is 6.53. The van der Waals surface area contributed by atoms with Crippen molar-refractivity contribution in [3.05, 3.63) is 36.5 Å². The van der Waals surface area contributed by atoms with E-state index in [1.165, 1.54) is 122 Å². The molecule has 0 rings (SSSR count). The van der Waals surface area contributed by atoms with Crippen LogP contribution in [0.1, 0.15) is 245 Å². The van der Waals surface area contributed by atoms with Crippen LogP contribution in [0.5, 0.6) is 0 Å². The highest BCUT2D eigenvalue weighted by Gasteiger charge is 2.19. The number of carbonyl (C=O) groups excluding carboxylic acids is 3. The summed E-state index contributed by atoms with van der Waals surface area (Å²) in [5.41, 5.74) is 0. The second kappa shape index (κ2) is 45.3. The van der Waals surface area contributed by atoms with Gasteiger partial charge in [-0.25, -0.2) is 0 Å². The number of esters is 3. The molecule has 0 saturated carbocycles. The molecular formula is C50H90O6. The first-order chi connectivity index (χ1) is 27.5. The molecule has 0 heterocycles. The normalized spacial score (nSPS) is 12.3. The Morgan fingerprint density at radius 3 is 1.11 bits per heavy atom. The van der Waals surface area contributed by atoms with E-state index in [2.05, 4.69) is 57.2 Å². The van der Waals surface area contributed by atoms with Crippen LogP contribution in [0, 0.1) is 0 Å². The highest BCUT2D eigenvalue weighted by molar-refractivity contribution is 5.71. The minimum atomic E-state index is -0.772. The summed E-state index contributed by atoms with van der Waals surface area (Å²) in [5.74, 6) is -0.891. The molecule has 0 N–H and O–H groups in total. The molecule has 0 spiro atoms. The lowest BCUT2D eigenvalue weighted by Gasteiger charge is -2.18. The second-order valence-electron chi connectivity index (χ2n) is 16.0. The average Bonchev–Trinajstić information content (AvgIpc) is 3.19. The largest absolute Gasteiger partial charge is 0.462 e. The number of hydrogen-bond acceptors (Lipinski definition) is 6. The summed E-state index contributed by atoms with van der Waals surface area (Å²) < 4.78 is 16.7. The van der Waals surface area contributed by atoms with Gasteiger partial charge in [-0.05, 0) is 70.6 Å². The lowest BCUT2D eigenvalue weighted by Crippen LogP contribution is -2.30. The van der Waals surface area contributed by atoms with Gasteiger partial charge in [0.1, 0.15) is 13.2 Å². The van der Waals surface area contributed by atoms with E-state index >= 15 is 0 Å². The fraction of sp³-hybridized carbons (Fsp3) is 0.820. The van der Waals surface area contributed by atoms with Crippen molar-refractivity contribution in [3.8, 4) is 0 Å². The number of hydrogen-bond donors (Lipinski definition) is 0. The van der Waals surface area contributed by atoms with Crippen molar-refractivity contribution in [1.29, 1.82) is 0 Å². The first-order valence-electron chi connectivity index (χ1n) is 24.0. The quantitative estimate of drug-likeness (QED) is 0.0265. The SMILES string of the molecule is CCC/C=C\CCCCCCCC(=O)OCC(COC(=O)CCCCCCCCC/C=C\C/C=C\CCCCC)OC(=O)CCCCCCCCCCCCC. The van der Waals surface area contributed by atoms with Crippen LogP contribution in [0.2, 0.25) is 0 Å². The molecule has 0 saturated heterocycles. The zero-order chi connectivity index (χ0) is 40.8. The average molecular weight is 787 g/mol. The lowest BCUT2D eigenvalue weighted by atomic mass is 10.1. The lowest BCUT2D eigenvalue weighted by molar-refractivity contribution is -0.167. The minimum Gasteiger partial charge on any atom is -0.462 e. The molecule has 0 amide bonds. The molecular weight excluding hydrogens is 697 g/mol. The van der Waals surface area contributed by atoms with Crippen LogP contribution in [0.3, 0.4) is 0 Å². The fourth-order valence-corrected chi connectivity index (χ4v) is 6.71. The van der Waals surface area contributed by atoms with Crippen LogP contribution in [0.4, 0.5) is 0 Å². The molecule has 0 aromatic carbocycles. The van der Waals surface area contributed by atoms with Crippen LogP contribution >= 0.6 is 0 Å². The molecule has 0 bridgehead atoms. The van der Waals surface area contributed by atoms with Crippen molar-refractivity contribution < 1.29 is 28.6 Å². The van der Waals surface area contributed by atoms with E-state index in [-0.39, 0.29) is 31.1 Å². The molecule has 56 heavy (non-hydrogen) atoms. The Hall–Kier alpha value is -2.37. The van der Waals surface area contributed by atoms with Gasteiger partial charge in [0.2, 0.25) is 0 Å². The summed E-state index contributed by atoms with van der Waals surface area (Å²) in [6, 6.07) is 0. The van der Waals surface area contributed by atoms with Crippen molar-refractivity contribution in [2.45, 2.75) is 252 Å². The first kappa shape index (κ1) is 53.6. The zero-order valence-electron chi connectivity index (χ0n) is 37.2. The topological polar surface area (TPSA) is 78.9 Å². The Kier molecular flexibility index (Phi) is 43.4. The van der Waals surface area contributed by atoms with E-state index in [1.807, 2.05) is 0 Å². The third-order valence-electron chi connectivity index (χ3n) is 10.3. The molecule has 0 aromatic rings. The van der Waals surface area contributed by atoms with E-state index in [0.717, 1.165) is 83.5 Å². The number of rotatable bonds is 43. The summed E-state index contributed by atoms with van der Waals surface area (Å²) in [6.07, 6.45) is 51.2. The third-order valence-corrected chi connectivity index (χ3v) is 10.3. The third kappa shape index (κ3) is 42.8. The van der Waals surface area contributed by atoms with Crippen molar-refractivity contribution in [2.24, 2.45) is 0 Å². The molecule has 0 fully saturated rings. The predicted molar refractivity (Wildman–Crippen MR) is 238 cm³/mol. The maximum absolute atomic E-state index is 12.7. The summed E-state index contributed by atoms with van der Waals surface area (Å²) in [4.78, 5) is 37.7. The number of carbonyl (C=O) groups is 3. The van der Waals surface area contributed by atoms with E-state index in [0.29, 0.717) is 19.3 Å². The minimum absolute atomic E-state index is 0.0769. The van der Waals surface area contributed by atoms with Crippen LogP contribution in [-0.4, -0.2) is 37.2 Å². The van der Waals surface area contributed by atoms with Crippen molar-refractivity contribution in [1.82, 2.24) is 0 Å². The van der Waals surface area contributed by atoms with Crippen LogP contribution in [0.25, 0.3) is 0 Å². The van der Waals surface area contributed by atoms with E-state index < -0.39 is 6.10 Å². The maximum Gasteiger partial charge on any atom is 0.306 e. The molecule has 0 aliphatic carbocycles. The Balaban J connectivity index is 4.32. The Labute approximate surface area is 346 Å². The molecule has 0 aliphatic heterocycles. The van der Waals surface area contributed by atoms with Crippen molar-refractivity contribution in [2.75, 3.05) is 13.2 Å². The van der Waals surface area contributed by atoms with Gasteiger partial charge in [0.25, 0.3) is 0 Å². The summed E-state index contributed by atoms with van der Waals surface area (Å²) in [7, 11) is 0. The standard InChI is InChI=1S/C50H90O6/c1-4-7-10-13-16-19-22-23-24-25-26-27-29-31-34-37-40-43-49(52)55-46-47(45-54-48(51)42-39-36-33-30-21-18-15-12-9-6-3)56-50(53)44-41-38-35-32-28-20-17-14-11-8-5-2/h12,15-16,19,23-24,47H,4-11,13-14,17-18,20-22,25-46H2,1-3H3/b15-12-,19-16-,24-23-. The van der Waals surface area contributed by atoms with Gasteiger partial charge >= 0.3 is 17.9 Å². The van der Waals surface area contributed by atoms with Crippen molar-refractivity contribution >= 4 is 17.9 Å². The summed E-state index contributed by atoms with van der Waals surface area (Å²) >= 11 is 0. The number of ether oxygens (including phenoxy) is 3. The highest BCUT2D eigenvalue weighted by atomic mass is 16.6. The van der Waals surface area contributed by atoms with Gasteiger partial charge in [0, 0.05) is 19.3 Å². The first-order valence-corrected chi connectivity index (χ1v) is 24.0. The smallest absolute Gasteiger partial charge is 0.306 e. The van der Waals surface area contributed by atoms with Crippen LogP contribution < -0.4 is 0 Å². The molecule has 1 unspecified atom stereocenters. The van der Waals surface area contributed by atoms with Gasteiger partial charge in [-0.1, -0.05) is 192 Å². The molecule has 0 aromatic heterocycles. The molecule has 0 radical (unpaired) electrons. The molecule has 1 atom stereocenters. The Bertz CT molecular complexity index is 953. The van der Waals surface area contributed by atoms with E-state index in [9.17, 15) is 14.4 Å². The molecule has 0 aliphatic rings. The second-order valence-corrected chi connectivity index (χ2v) is 16.0. The van der Waals surface area contributed by atoms with Crippen LogP contribution in [-0.2, 0) is 28.6 Å². The van der Waals surface area contributed by atoms with Gasteiger partial charge in [-0.3, -0.25) is 14.4 Å². The highest BCUT2D eigenvalue weighted by Crippen LogP contribution is 2.15. The molecule has 326 valence electrons. The van der Waals surface area contributed by atoms with Gasteiger partial charge < -0.3 is 14.2 Å². The van der Waals surface area contributed by atoms with Gasteiger partial charge in [0.15, 0.2) is 6.10 Å². The Morgan fingerprint density at radius 1 is 0.357 bits per heavy atom. The van der Waals surface area contributed by atoms with E-state index in [1.54, 1.807) is 0 Å². The fourth-order valence-electron chi connectivity index (χ4n) is 6.71. The van der Waals surface area contributed by atoms with Crippen LogP contribution in [0.15, 0.2) is 36.5 Å². The zero-order valence-corrected chi connectivity index (χ0v) is 37.2. The summed E-state index contributed by atoms with van der Waals surface area (Å²) in [5, 5.41) is 0. The number of allylic oxidation sites excluding steroid dienone is 6. The van der Waals surface area contributed by atoms with Crippen molar-refractivity contribution in [3.63, 3.8) is 0 Å². The molecule has 6 nitrogen and oxygen atoms in total. The van der Waals surface area contributed by atoms with Gasteiger partial charge in [-0.15, -0.1) is 0 Å². The predicted octanol–water partition coefficient (Wildman–Crippen LogP) is 15.4. The maximum atomic E-state index is 12.7. The number of unbranched alkanes of at least 4 members (excludes halogenated alkanes) is 26. The monoisotopic (exact) mass is 787 g/mol. The molecule has 6 heteroatoms. The Morgan fingerprint density at radius 2 is 0.679 bits per heavy atom.